The molecular formula is C19H24FN3O4. The Kier molecular flexibility index (Phi) is 5.19. The highest BCUT2D eigenvalue weighted by Crippen LogP contribution is 2.36. The number of fused-ring (bicyclic) bond motifs is 1. The zero-order chi connectivity index (χ0) is 19.8. The Bertz CT molecular complexity index is 845. The van der Waals surface area contributed by atoms with Gasteiger partial charge in [0.15, 0.2) is 0 Å². The molecule has 2 aromatic rings. The van der Waals surface area contributed by atoms with E-state index in [0.29, 0.717) is 24.0 Å². The topological polar surface area (TPSA) is 95.0 Å². The number of aromatic nitrogens is 1. The molecule has 1 fully saturated rings. The number of carbonyl (C=O) groups is 1. The van der Waals surface area contributed by atoms with Crippen LogP contribution in [0.2, 0.25) is 0 Å². The maximum Gasteiger partial charge on any atom is 0.410 e. The van der Waals surface area contributed by atoms with Gasteiger partial charge in [-0.3, -0.25) is 0 Å². The summed E-state index contributed by atoms with van der Waals surface area (Å²) >= 11 is 0. The lowest BCUT2D eigenvalue weighted by atomic mass is 9.88. The summed E-state index contributed by atoms with van der Waals surface area (Å²) in [6.07, 6.45) is 0.717. The molecule has 146 valence electrons. The number of benzene rings is 1. The highest BCUT2D eigenvalue weighted by atomic mass is 19.1. The van der Waals surface area contributed by atoms with E-state index in [1.165, 1.54) is 17.0 Å². The van der Waals surface area contributed by atoms with E-state index in [4.69, 9.17) is 4.74 Å². The summed E-state index contributed by atoms with van der Waals surface area (Å²) < 4.78 is 18.9. The van der Waals surface area contributed by atoms with Crippen molar-refractivity contribution in [3.8, 4) is 0 Å². The van der Waals surface area contributed by atoms with Crippen LogP contribution in [0.5, 0.6) is 0 Å². The summed E-state index contributed by atoms with van der Waals surface area (Å²) in [6.45, 7) is 5.51. The van der Waals surface area contributed by atoms with E-state index >= 15 is 0 Å². The van der Waals surface area contributed by atoms with Crippen molar-refractivity contribution in [2.24, 2.45) is 5.18 Å². The van der Waals surface area contributed by atoms with E-state index in [1.807, 2.05) is 0 Å². The van der Waals surface area contributed by atoms with Crippen LogP contribution >= 0.6 is 0 Å². The molecule has 1 amide bonds. The van der Waals surface area contributed by atoms with Crippen LogP contribution in [0.4, 0.5) is 9.18 Å². The molecule has 7 nitrogen and oxygen atoms in total. The van der Waals surface area contributed by atoms with Crippen molar-refractivity contribution in [3.05, 3.63) is 40.7 Å². The number of nitroso groups, excluding NO2 is 1. The SMILES string of the molecule is CC(C)(C)OC(=O)N1CC[C@H](O)[C@H]1[C@H](CN=O)c1c[nH]c2cc(F)ccc12. The molecule has 8 heteroatoms. The van der Waals surface area contributed by atoms with E-state index in [0.717, 1.165) is 5.39 Å². The zero-order valence-electron chi connectivity index (χ0n) is 15.6. The third-order valence-corrected chi connectivity index (χ3v) is 4.81. The number of H-pyrrole nitrogens is 1. The number of amides is 1. The predicted molar refractivity (Wildman–Crippen MR) is 99.0 cm³/mol. The Morgan fingerprint density at radius 1 is 1.48 bits per heavy atom. The van der Waals surface area contributed by atoms with Gasteiger partial charge in [0.2, 0.25) is 0 Å². The minimum atomic E-state index is -0.810. The second kappa shape index (κ2) is 7.26. The van der Waals surface area contributed by atoms with Crippen molar-refractivity contribution in [1.82, 2.24) is 9.88 Å². The summed E-state index contributed by atoms with van der Waals surface area (Å²) in [4.78, 5) is 28.2. The van der Waals surface area contributed by atoms with E-state index in [1.54, 1.807) is 33.0 Å². The van der Waals surface area contributed by atoms with E-state index in [-0.39, 0.29) is 12.4 Å². The van der Waals surface area contributed by atoms with Gasteiger partial charge in [0.1, 0.15) is 11.4 Å². The van der Waals surface area contributed by atoms with Crippen LogP contribution in [0.1, 0.15) is 38.7 Å². The van der Waals surface area contributed by atoms with Gasteiger partial charge in [-0.2, -0.15) is 4.91 Å². The quantitative estimate of drug-likeness (QED) is 0.797. The summed E-state index contributed by atoms with van der Waals surface area (Å²) in [5.74, 6) is -0.913. The molecule has 0 unspecified atom stereocenters. The number of nitrogens with one attached hydrogen (secondary N) is 1. The van der Waals surface area contributed by atoms with Gasteiger partial charge in [-0.25, -0.2) is 9.18 Å². The average Bonchev–Trinajstić information content (AvgIpc) is 3.14. The minimum absolute atomic E-state index is 0.120. The molecule has 27 heavy (non-hydrogen) atoms. The molecule has 0 radical (unpaired) electrons. The van der Waals surface area contributed by atoms with Crippen molar-refractivity contribution in [2.45, 2.75) is 50.9 Å². The van der Waals surface area contributed by atoms with Crippen LogP contribution in [0.3, 0.4) is 0 Å². The standard InChI is InChI=1S/C19H24FN3O4/c1-19(2,3)27-18(25)23-7-6-16(24)17(23)14(10-22-26)13-9-21-15-8-11(20)4-5-12(13)15/h4-5,8-9,14,16-17,21,24H,6-7,10H2,1-3H3/t14-,16+,17-/m1/s1. The Hall–Kier alpha value is -2.48. The number of carbonyl (C=O) groups excluding carboxylic acids is 1. The number of hydrogen-bond acceptors (Lipinski definition) is 5. The summed E-state index contributed by atoms with van der Waals surface area (Å²) in [5, 5.41) is 14.3. The summed E-state index contributed by atoms with van der Waals surface area (Å²) in [7, 11) is 0. The fourth-order valence-electron chi connectivity index (χ4n) is 3.72. The monoisotopic (exact) mass is 377 g/mol. The number of rotatable bonds is 4. The lowest BCUT2D eigenvalue weighted by Gasteiger charge is -2.33. The molecular weight excluding hydrogens is 353 g/mol. The molecule has 1 aliphatic heterocycles. The molecule has 0 bridgehead atoms. The lowest BCUT2D eigenvalue weighted by Crippen LogP contribution is -2.46. The van der Waals surface area contributed by atoms with Gasteiger partial charge >= 0.3 is 6.09 Å². The van der Waals surface area contributed by atoms with Gasteiger partial charge in [-0.1, -0.05) is 5.18 Å². The maximum absolute atomic E-state index is 13.5. The second-order valence-electron chi connectivity index (χ2n) is 7.87. The van der Waals surface area contributed by atoms with Gasteiger partial charge in [0.05, 0.1) is 18.7 Å². The molecule has 1 aromatic heterocycles. The van der Waals surface area contributed by atoms with E-state index < -0.39 is 29.8 Å². The number of aliphatic hydroxyl groups is 1. The Morgan fingerprint density at radius 3 is 2.89 bits per heavy atom. The van der Waals surface area contributed by atoms with Gasteiger partial charge in [0.25, 0.3) is 0 Å². The maximum atomic E-state index is 13.5. The third-order valence-electron chi connectivity index (χ3n) is 4.81. The van der Waals surface area contributed by atoms with E-state index in [9.17, 15) is 19.2 Å². The van der Waals surface area contributed by atoms with Gasteiger partial charge in [-0.15, -0.1) is 0 Å². The molecule has 2 N–H and O–H groups in total. The van der Waals surface area contributed by atoms with Crippen LogP contribution in [-0.2, 0) is 4.74 Å². The van der Waals surface area contributed by atoms with Gasteiger partial charge in [0, 0.05) is 29.6 Å². The Balaban J connectivity index is 1.98. The molecule has 0 aliphatic carbocycles. The number of likely N-dealkylation sites (tertiary alicyclic amines) is 1. The highest BCUT2D eigenvalue weighted by Gasteiger charge is 2.44. The first-order valence-corrected chi connectivity index (χ1v) is 8.94. The third kappa shape index (κ3) is 3.95. The highest BCUT2D eigenvalue weighted by molar-refractivity contribution is 5.84. The van der Waals surface area contributed by atoms with Crippen LogP contribution in [0.25, 0.3) is 10.9 Å². The Labute approximate surface area is 156 Å². The van der Waals surface area contributed by atoms with E-state index in [2.05, 4.69) is 10.2 Å². The molecule has 1 aromatic carbocycles. The minimum Gasteiger partial charge on any atom is -0.444 e. The lowest BCUT2D eigenvalue weighted by molar-refractivity contribution is 0.0121. The number of aliphatic hydroxyl groups excluding tert-OH is 1. The first-order valence-electron chi connectivity index (χ1n) is 8.94. The van der Waals surface area contributed by atoms with Crippen molar-refractivity contribution in [2.75, 3.05) is 13.1 Å². The number of aromatic amines is 1. The molecule has 1 saturated heterocycles. The number of hydrogen-bond donors (Lipinski definition) is 2. The first-order chi connectivity index (χ1) is 12.7. The molecule has 3 rings (SSSR count). The van der Waals surface area contributed by atoms with Crippen molar-refractivity contribution in [3.63, 3.8) is 0 Å². The fraction of sp³-hybridized carbons (Fsp3) is 0.526. The van der Waals surface area contributed by atoms with Gasteiger partial charge in [-0.05, 0) is 51.0 Å². The molecule has 0 spiro atoms. The molecule has 0 saturated carbocycles. The van der Waals surface area contributed by atoms with Gasteiger partial charge < -0.3 is 19.7 Å². The number of nitrogens with zero attached hydrogens (tertiary/aromatic N) is 2. The average molecular weight is 377 g/mol. The fourth-order valence-corrected chi connectivity index (χ4v) is 3.72. The first kappa shape index (κ1) is 19.3. The van der Waals surface area contributed by atoms with Crippen molar-refractivity contribution >= 4 is 17.0 Å². The largest absolute Gasteiger partial charge is 0.444 e. The normalized spacial score (nSPS) is 21.4. The van der Waals surface area contributed by atoms with Crippen molar-refractivity contribution < 1.29 is 19.0 Å². The molecule has 1 aliphatic rings. The van der Waals surface area contributed by atoms with Crippen LogP contribution < -0.4 is 0 Å². The number of halogens is 1. The molecule has 2 heterocycles. The van der Waals surface area contributed by atoms with Crippen molar-refractivity contribution in [1.29, 1.82) is 0 Å². The Morgan fingerprint density at radius 2 is 2.22 bits per heavy atom. The molecule has 3 atom stereocenters. The van der Waals surface area contributed by atoms with Crippen LogP contribution in [-0.4, -0.2) is 51.9 Å². The summed E-state index contributed by atoms with van der Waals surface area (Å²) in [6, 6.07) is 3.66. The smallest absolute Gasteiger partial charge is 0.410 e. The second-order valence-corrected chi connectivity index (χ2v) is 7.87. The summed E-state index contributed by atoms with van der Waals surface area (Å²) in [5.41, 5.74) is 0.618. The predicted octanol–water partition coefficient (Wildman–Crippen LogP) is 3.53. The zero-order valence-corrected chi connectivity index (χ0v) is 15.6. The number of ether oxygens (including phenoxy) is 1. The van der Waals surface area contributed by atoms with Crippen LogP contribution in [0, 0.1) is 10.7 Å². The van der Waals surface area contributed by atoms with Crippen LogP contribution in [0.15, 0.2) is 29.6 Å².